The first-order valence-electron chi connectivity index (χ1n) is 7.66. The zero-order chi connectivity index (χ0) is 13.9. The van der Waals surface area contributed by atoms with Crippen LogP contribution in [-0.4, -0.2) is 38.9 Å². The van der Waals surface area contributed by atoms with Gasteiger partial charge in [-0.25, -0.2) is 0 Å². The summed E-state index contributed by atoms with van der Waals surface area (Å²) in [6.07, 6.45) is 8.37. The number of nitrogens with one attached hydrogen (secondary N) is 1. The molecule has 1 fully saturated rings. The van der Waals surface area contributed by atoms with E-state index < -0.39 is 0 Å². The number of esters is 1. The fourth-order valence-corrected chi connectivity index (χ4v) is 2.57. The fraction of sp³-hybridized carbons (Fsp3) is 0.933. The predicted octanol–water partition coefficient (Wildman–Crippen LogP) is 2.51. The molecule has 1 unspecified atom stereocenters. The molecule has 0 heterocycles. The first-order valence-corrected chi connectivity index (χ1v) is 7.66. The Morgan fingerprint density at radius 1 is 1.32 bits per heavy atom. The Bertz CT molecular complexity index is 240. The van der Waals surface area contributed by atoms with Crippen LogP contribution in [0.5, 0.6) is 0 Å². The van der Waals surface area contributed by atoms with Gasteiger partial charge in [-0.2, -0.15) is 0 Å². The summed E-state index contributed by atoms with van der Waals surface area (Å²) in [7, 11) is 1.44. The van der Waals surface area contributed by atoms with Crippen LogP contribution in [0.3, 0.4) is 0 Å². The molecular formula is C15H29NO3. The lowest BCUT2D eigenvalue weighted by Crippen LogP contribution is -2.39. The SMILES string of the molecule is CCCNC(CCOCC1CCCCC1)C(=O)OC. The number of ether oxygens (including phenoxy) is 2. The second kappa shape index (κ2) is 10.2. The molecule has 0 saturated heterocycles. The van der Waals surface area contributed by atoms with Gasteiger partial charge in [0.05, 0.1) is 7.11 Å². The number of rotatable bonds is 9. The van der Waals surface area contributed by atoms with E-state index in [1.807, 2.05) is 0 Å². The molecule has 1 rings (SSSR count). The molecule has 0 bridgehead atoms. The summed E-state index contributed by atoms with van der Waals surface area (Å²) in [5, 5.41) is 3.20. The van der Waals surface area contributed by atoms with Gasteiger partial charge in [0.1, 0.15) is 6.04 Å². The smallest absolute Gasteiger partial charge is 0.322 e. The second-order valence-electron chi connectivity index (χ2n) is 5.40. The van der Waals surface area contributed by atoms with Crippen LogP contribution in [0.15, 0.2) is 0 Å². The summed E-state index contributed by atoms with van der Waals surface area (Å²) in [5.74, 6) is 0.545. The van der Waals surface area contributed by atoms with E-state index >= 15 is 0 Å². The normalized spacial score (nSPS) is 18.2. The van der Waals surface area contributed by atoms with Crippen molar-refractivity contribution >= 4 is 5.97 Å². The van der Waals surface area contributed by atoms with Crippen LogP contribution in [0, 0.1) is 5.92 Å². The second-order valence-corrected chi connectivity index (χ2v) is 5.40. The van der Waals surface area contributed by atoms with Gasteiger partial charge in [-0.05, 0) is 38.1 Å². The molecule has 4 nitrogen and oxygen atoms in total. The Hall–Kier alpha value is -0.610. The summed E-state index contributed by atoms with van der Waals surface area (Å²) < 4.78 is 10.5. The van der Waals surface area contributed by atoms with Gasteiger partial charge in [0, 0.05) is 13.2 Å². The number of carbonyl (C=O) groups excluding carboxylic acids is 1. The van der Waals surface area contributed by atoms with Crippen LogP contribution < -0.4 is 5.32 Å². The van der Waals surface area contributed by atoms with E-state index in [4.69, 9.17) is 9.47 Å². The van der Waals surface area contributed by atoms with E-state index in [1.165, 1.54) is 39.2 Å². The largest absolute Gasteiger partial charge is 0.468 e. The van der Waals surface area contributed by atoms with Gasteiger partial charge in [-0.3, -0.25) is 4.79 Å². The molecule has 1 aliphatic carbocycles. The average Bonchev–Trinajstić information content (AvgIpc) is 2.47. The Morgan fingerprint density at radius 2 is 2.05 bits per heavy atom. The molecule has 0 aromatic heterocycles. The maximum absolute atomic E-state index is 11.6. The first kappa shape index (κ1) is 16.4. The summed E-state index contributed by atoms with van der Waals surface area (Å²) in [6, 6.07) is -0.226. The highest BCUT2D eigenvalue weighted by molar-refractivity contribution is 5.75. The summed E-state index contributed by atoms with van der Waals surface area (Å²) in [5.41, 5.74) is 0. The quantitative estimate of drug-likeness (QED) is 0.517. The van der Waals surface area contributed by atoms with Gasteiger partial charge in [-0.1, -0.05) is 26.2 Å². The minimum atomic E-state index is -0.226. The molecule has 1 atom stereocenters. The molecule has 0 aromatic rings. The van der Waals surface area contributed by atoms with Crippen molar-refractivity contribution in [2.75, 3.05) is 26.9 Å². The van der Waals surface area contributed by atoms with Crippen molar-refractivity contribution in [3.8, 4) is 0 Å². The van der Waals surface area contributed by atoms with Gasteiger partial charge in [0.15, 0.2) is 0 Å². The number of hydrogen-bond acceptors (Lipinski definition) is 4. The zero-order valence-corrected chi connectivity index (χ0v) is 12.5. The van der Waals surface area contributed by atoms with Crippen LogP contribution in [-0.2, 0) is 14.3 Å². The molecule has 1 saturated carbocycles. The lowest BCUT2D eigenvalue weighted by atomic mass is 9.90. The monoisotopic (exact) mass is 271 g/mol. The van der Waals surface area contributed by atoms with Gasteiger partial charge in [0.2, 0.25) is 0 Å². The molecule has 1 aliphatic rings. The lowest BCUT2D eigenvalue weighted by Gasteiger charge is -2.22. The Balaban J connectivity index is 2.14. The van der Waals surface area contributed by atoms with Crippen LogP contribution in [0.2, 0.25) is 0 Å². The number of carbonyl (C=O) groups is 1. The van der Waals surface area contributed by atoms with Gasteiger partial charge in [-0.15, -0.1) is 0 Å². The minimum Gasteiger partial charge on any atom is -0.468 e. The van der Waals surface area contributed by atoms with Crippen molar-refractivity contribution in [2.24, 2.45) is 5.92 Å². The maximum atomic E-state index is 11.6. The van der Waals surface area contributed by atoms with E-state index in [9.17, 15) is 4.79 Å². The number of hydrogen-bond donors (Lipinski definition) is 1. The van der Waals surface area contributed by atoms with Crippen molar-refractivity contribution < 1.29 is 14.3 Å². The molecule has 112 valence electrons. The van der Waals surface area contributed by atoms with E-state index in [0.29, 0.717) is 13.0 Å². The molecule has 19 heavy (non-hydrogen) atoms. The van der Waals surface area contributed by atoms with E-state index in [2.05, 4.69) is 12.2 Å². The predicted molar refractivity (Wildman–Crippen MR) is 76.1 cm³/mol. The molecule has 1 N–H and O–H groups in total. The Labute approximate surface area is 117 Å². The summed E-state index contributed by atoms with van der Waals surface area (Å²) in [6.45, 7) is 4.40. The molecule has 0 spiro atoms. The van der Waals surface area contributed by atoms with E-state index in [0.717, 1.165) is 25.5 Å². The summed E-state index contributed by atoms with van der Waals surface area (Å²) in [4.78, 5) is 11.6. The minimum absolute atomic E-state index is 0.185. The van der Waals surface area contributed by atoms with E-state index in [-0.39, 0.29) is 12.0 Å². The highest BCUT2D eigenvalue weighted by Gasteiger charge is 2.18. The lowest BCUT2D eigenvalue weighted by molar-refractivity contribution is -0.143. The first-order chi connectivity index (χ1) is 9.27. The van der Waals surface area contributed by atoms with E-state index in [1.54, 1.807) is 0 Å². The van der Waals surface area contributed by atoms with Crippen LogP contribution >= 0.6 is 0 Å². The van der Waals surface area contributed by atoms with Gasteiger partial charge in [0.25, 0.3) is 0 Å². The van der Waals surface area contributed by atoms with Crippen molar-refractivity contribution in [2.45, 2.75) is 57.9 Å². The third-order valence-corrected chi connectivity index (χ3v) is 3.76. The highest BCUT2D eigenvalue weighted by Crippen LogP contribution is 2.23. The Kier molecular flexibility index (Phi) is 8.84. The topological polar surface area (TPSA) is 47.6 Å². The third kappa shape index (κ3) is 6.92. The van der Waals surface area contributed by atoms with Crippen LogP contribution in [0.25, 0.3) is 0 Å². The zero-order valence-electron chi connectivity index (χ0n) is 12.5. The molecule has 0 aromatic carbocycles. The highest BCUT2D eigenvalue weighted by atomic mass is 16.5. The molecule has 0 amide bonds. The van der Waals surface area contributed by atoms with Crippen molar-refractivity contribution in [1.29, 1.82) is 0 Å². The maximum Gasteiger partial charge on any atom is 0.322 e. The van der Waals surface area contributed by atoms with Gasteiger partial charge < -0.3 is 14.8 Å². The van der Waals surface area contributed by atoms with Crippen LogP contribution in [0.1, 0.15) is 51.9 Å². The van der Waals surface area contributed by atoms with Crippen LogP contribution in [0.4, 0.5) is 0 Å². The van der Waals surface area contributed by atoms with Crippen molar-refractivity contribution in [3.05, 3.63) is 0 Å². The Morgan fingerprint density at radius 3 is 2.68 bits per heavy atom. The summed E-state index contributed by atoms with van der Waals surface area (Å²) >= 11 is 0. The molecule has 4 heteroatoms. The third-order valence-electron chi connectivity index (χ3n) is 3.76. The number of methoxy groups -OCH3 is 1. The van der Waals surface area contributed by atoms with Crippen molar-refractivity contribution in [1.82, 2.24) is 5.32 Å². The molecule has 0 aliphatic heterocycles. The fourth-order valence-electron chi connectivity index (χ4n) is 2.57. The molecular weight excluding hydrogens is 242 g/mol. The molecule has 0 radical (unpaired) electrons. The van der Waals surface area contributed by atoms with Crippen molar-refractivity contribution in [3.63, 3.8) is 0 Å². The van der Waals surface area contributed by atoms with Gasteiger partial charge >= 0.3 is 5.97 Å². The average molecular weight is 271 g/mol. The standard InChI is InChI=1S/C15H29NO3/c1-3-10-16-14(15(17)18-2)9-11-19-12-13-7-5-4-6-8-13/h13-14,16H,3-12H2,1-2H3.